The number of rotatable bonds is 6. The lowest BCUT2D eigenvalue weighted by molar-refractivity contribution is -0.130. The molecule has 0 bridgehead atoms. The number of hydrogen-bond acceptors (Lipinski definition) is 2. The Hall–Kier alpha value is -2.95. The summed E-state index contributed by atoms with van der Waals surface area (Å²) in [5.74, 6) is 1.48. The number of nitrogens with zero attached hydrogens (tertiary/aromatic N) is 1. The molecule has 0 aliphatic carbocycles. The Morgan fingerprint density at radius 2 is 1.70 bits per heavy atom. The first kappa shape index (κ1) is 21.9. The molecule has 6 heteroatoms. The van der Waals surface area contributed by atoms with Crippen LogP contribution in [-0.4, -0.2) is 28.9 Å². The standard InChI is InChI=1S/C27H24Cl2N2O2/c28-19-6-9-21(10-7-19)33-22-5-3-4-18(14-22)23(16-27(32)31-12-1-2-13-31)25-17-30-26-11-8-20(29)15-24(25)26/h3-11,14-15,17,23,30H,1-2,12-13,16H2. The molecule has 4 nitrogen and oxygen atoms in total. The number of carbonyl (C=O) groups is 1. The van der Waals surface area contributed by atoms with Crippen molar-refractivity contribution in [2.45, 2.75) is 25.2 Å². The van der Waals surface area contributed by atoms with Gasteiger partial charge in [0.1, 0.15) is 11.5 Å². The van der Waals surface area contributed by atoms with E-state index in [1.54, 1.807) is 12.1 Å². The molecule has 1 aromatic heterocycles. The Labute approximate surface area is 203 Å². The molecule has 1 aliphatic heterocycles. The predicted molar refractivity (Wildman–Crippen MR) is 134 cm³/mol. The second-order valence-corrected chi connectivity index (χ2v) is 9.28. The van der Waals surface area contributed by atoms with Crippen molar-refractivity contribution >= 4 is 40.0 Å². The van der Waals surface area contributed by atoms with Crippen LogP contribution in [0.5, 0.6) is 11.5 Å². The Morgan fingerprint density at radius 3 is 2.48 bits per heavy atom. The van der Waals surface area contributed by atoms with Crippen molar-refractivity contribution in [3.63, 3.8) is 0 Å². The van der Waals surface area contributed by atoms with Gasteiger partial charge in [-0.2, -0.15) is 0 Å². The van der Waals surface area contributed by atoms with Gasteiger partial charge >= 0.3 is 0 Å². The maximum absolute atomic E-state index is 13.2. The van der Waals surface area contributed by atoms with E-state index in [2.05, 4.69) is 11.1 Å². The molecular weight excluding hydrogens is 455 g/mol. The monoisotopic (exact) mass is 478 g/mol. The van der Waals surface area contributed by atoms with Gasteiger partial charge in [0.2, 0.25) is 5.91 Å². The Kier molecular flexibility index (Phi) is 6.30. The third-order valence-corrected chi connectivity index (χ3v) is 6.69. The summed E-state index contributed by atoms with van der Waals surface area (Å²) in [6.45, 7) is 1.68. The van der Waals surface area contributed by atoms with Crippen molar-refractivity contribution in [2.24, 2.45) is 0 Å². The van der Waals surface area contributed by atoms with E-state index >= 15 is 0 Å². The van der Waals surface area contributed by atoms with Crippen LogP contribution in [0, 0.1) is 0 Å². The van der Waals surface area contributed by atoms with Crippen molar-refractivity contribution in [3.05, 3.63) is 94.1 Å². The summed E-state index contributed by atoms with van der Waals surface area (Å²) >= 11 is 12.3. The van der Waals surface area contributed by atoms with Gasteiger partial charge in [-0.25, -0.2) is 0 Å². The highest BCUT2D eigenvalue weighted by Crippen LogP contribution is 2.37. The molecule has 168 valence electrons. The number of carbonyl (C=O) groups excluding carboxylic acids is 1. The van der Waals surface area contributed by atoms with E-state index in [0.29, 0.717) is 28.0 Å². The molecule has 4 aromatic rings. The molecule has 5 rings (SSSR count). The Balaban J connectivity index is 1.51. The minimum absolute atomic E-state index is 0.126. The maximum Gasteiger partial charge on any atom is 0.223 e. The molecule has 0 radical (unpaired) electrons. The number of aromatic nitrogens is 1. The summed E-state index contributed by atoms with van der Waals surface area (Å²) in [5.41, 5.74) is 3.08. The molecule has 1 fully saturated rings. The van der Waals surface area contributed by atoms with Crippen molar-refractivity contribution in [2.75, 3.05) is 13.1 Å². The van der Waals surface area contributed by atoms with Crippen LogP contribution < -0.4 is 4.74 Å². The molecule has 2 heterocycles. The van der Waals surface area contributed by atoms with Crippen LogP contribution in [-0.2, 0) is 4.79 Å². The number of nitrogens with one attached hydrogen (secondary N) is 1. The third-order valence-electron chi connectivity index (χ3n) is 6.20. The molecular formula is C27H24Cl2N2O2. The highest BCUT2D eigenvalue weighted by molar-refractivity contribution is 6.31. The van der Waals surface area contributed by atoms with E-state index < -0.39 is 0 Å². The SMILES string of the molecule is O=C(CC(c1cccc(Oc2ccc(Cl)cc2)c1)c1c[nH]c2ccc(Cl)cc12)N1CCCC1. The number of H-pyrrole nitrogens is 1. The Morgan fingerprint density at radius 1 is 0.939 bits per heavy atom. The van der Waals surface area contributed by atoms with Gasteiger partial charge in [-0.05, 0) is 78.6 Å². The summed E-state index contributed by atoms with van der Waals surface area (Å²) < 4.78 is 6.07. The van der Waals surface area contributed by atoms with Crippen LogP contribution in [0.2, 0.25) is 10.0 Å². The number of aromatic amines is 1. The molecule has 33 heavy (non-hydrogen) atoms. The second-order valence-electron chi connectivity index (χ2n) is 8.41. The van der Waals surface area contributed by atoms with E-state index in [1.807, 2.05) is 59.6 Å². The van der Waals surface area contributed by atoms with Gasteiger partial charge in [0.25, 0.3) is 0 Å². The highest BCUT2D eigenvalue weighted by atomic mass is 35.5. The molecule has 1 saturated heterocycles. The van der Waals surface area contributed by atoms with Gasteiger partial charge in [-0.15, -0.1) is 0 Å². The molecule has 1 unspecified atom stereocenters. The number of fused-ring (bicyclic) bond motifs is 1. The van der Waals surface area contributed by atoms with Gasteiger partial charge in [-0.1, -0.05) is 35.3 Å². The average molecular weight is 479 g/mol. The summed E-state index contributed by atoms with van der Waals surface area (Å²) in [5, 5.41) is 2.37. The van der Waals surface area contributed by atoms with Crippen LogP contribution in [0.3, 0.4) is 0 Å². The molecule has 1 aliphatic rings. The number of amides is 1. The first-order valence-corrected chi connectivity index (χ1v) is 11.9. The topological polar surface area (TPSA) is 45.3 Å². The average Bonchev–Trinajstić information content (AvgIpc) is 3.49. The normalized spacial score (nSPS) is 14.5. The smallest absolute Gasteiger partial charge is 0.223 e. The van der Waals surface area contributed by atoms with E-state index in [0.717, 1.165) is 48.0 Å². The van der Waals surface area contributed by atoms with Crippen LogP contribution in [0.4, 0.5) is 0 Å². The zero-order valence-electron chi connectivity index (χ0n) is 18.1. The van der Waals surface area contributed by atoms with Crippen LogP contribution in [0.15, 0.2) is 72.9 Å². The molecule has 1 amide bonds. The van der Waals surface area contributed by atoms with E-state index in [1.165, 1.54) is 0 Å². The number of benzene rings is 3. The van der Waals surface area contributed by atoms with Crippen molar-refractivity contribution in [1.29, 1.82) is 0 Å². The Bertz CT molecular complexity index is 1280. The van der Waals surface area contributed by atoms with Crippen molar-refractivity contribution in [3.8, 4) is 11.5 Å². The van der Waals surface area contributed by atoms with Crippen LogP contribution in [0.1, 0.15) is 36.3 Å². The minimum Gasteiger partial charge on any atom is -0.457 e. The summed E-state index contributed by atoms with van der Waals surface area (Å²) in [6, 6.07) is 21.0. The van der Waals surface area contributed by atoms with Crippen LogP contribution >= 0.6 is 23.2 Å². The molecule has 3 aromatic carbocycles. The predicted octanol–water partition coefficient (Wildman–Crippen LogP) is 7.41. The van der Waals surface area contributed by atoms with Gasteiger partial charge in [0.15, 0.2) is 0 Å². The van der Waals surface area contributed by atoms with Gasteiger partial charge < -0.3 is 14.6 Å². The number of halogens is 2. The van der Waals surface area contributed by atoms with Crippen molar-refractivity contribution in [1.82, 2.24) is 9.88 Å². The third kappa shape index (κ3) is 4.87. The quantitative estimate of drug-likeness (QED) is 0.313. The lowest BCUT2D eigenvalue weighted by atomic mass is 9.87. The fraction of sp³-hybridized carbons (Fsp3) is 0.222. The van der Waals surface area contributed by atoms with Gasteiger partial charge in [-0.3, -0.25) is 4.79 Å². The molecule has 0 spiro atoms. The zero-order valence-corrected chi connectivity index (χ0v) is 19.6. The lowest BCUT2D eigenvalue weighted by Gasteiger charge is -2.22. The fourth-order valence-electron chi connectivity index (χ4n) is 4.51. The first-order chi connectivity index (χ1) is 16.1. The number of hydrogen-bond donors (Lipinski definition) is 1. The number of ether oxygens (including phenoxy) is 1. The summed E-state index contributed by atoms with van der Waals surface area (Å²) in [7, 11) is 0. The van der Waals surface area contributed by atoms with Crippen LogP contribution in [0.25, 0.3) is 10.9 Å². The minimum atomic E-state index is -0.126. The largest absolute Gasteiger partial charge is 0.457 e. The van der Waals surface area contributed by atoms with E-state index in [-0.39, 0.29) is 11.8 Å². The van der Waals surface area contributed by atoms with E-state index in [9.17, 15) is 4.79 Å². The van der Waals surface area contributed by atoms with Gasteiger partial charge in [0, 0.05) is 52.6 Å². The number of likely N-dealkylation sites (tertiary alicyclic amines) is 1. The van der Waals surface area contributed by atoms with Crippen molar-refractivity contribution < 1.29 is 9.53 Å². The zero-order chi connectivity index (χ0) is 22.8. The molecule has 1 N–H and O–H groups in total. The maximum atomic E-state index is 13.2. The summed E-state index contributed by atoms with van der Waals surface area (Å²) in [6.07, 6.45) is 4.53. The second kappa shape index (κ2) is 9.50. The van der Waals surface area contributed by atoms with Gasteiger partial charge in [0.05, 0.1) is 0 Å². The highest BCUT2D eigenvalue weighted by Gasteiger charge is 2.26. The van der Waals surface area contributed by atoms with E-state index in [4.69, 9.17) is 27.9 Å². The molecule has 0 saturated carbocycles. The lowest BCUT2D eigenvalue weighted by Crippen LogP contribution is -2.29. The molecule has 1 atom stereocenters. The fourth-order valence-corrected chi connectivity index (χ4v) is 4.81. The summed E-state index contributed by atoms with van der Waals surface area (Å²) in [4.78, 5) is 18.5. The first-order valence-electron chi connectivity index (χ1n) is 11.1.